The largest absolute Gasteiger partial charge is 0.465 e. The van der Waals surface area contributed by atoms with Crippen molar-refractivity contribution in [2.24, 2.45) is 0 Å². The molecule has 3 aromatic rings. The van der Waals surface area contributed by atoms with Crippen molar-refractivity contribution in [2.45, 2.75) is 6.92 Å². The molecule has 3 rings (SSSR count). The Kier molecular flexibility index (Phi) is 3.36. The highest BCUT2D eigenvalue weighted by Crippen LogP contribution is 2.27. The van der Waals surface area contributed by atoms with Crippen LogP contribution in [0.3, 0.4) is 0 Å². The molecule has 0 aliphatic rings. The van der Waals surface area contributed by atoms with E-state index in [1.807, 2.05) is 43.5 Å². The Bertz CT molecular complexity index is 828. The topological polar surface area (TPSA) is 52.1 Å². The van der Waals surface area contributed by atoms with Gasteiger partial charge in [0.2, 0.25) is 0 Å². The lowest BCUT2D eigenvalue weighted by Gasteiger charge is -2.09. The molecule has 0 aliphatic carbocycles. The van der Waals surface area contributed by atoms with Gasteiger partial charge in [0.05, 0.1) is 12.7 Å². The van der Waals surface area contributed by atoms with Gasteiger partial charge < -0.3 is 4.74 Å². The second-order valence-electron chi connectivity index (χ2n) is 4.80. The van der Waals surface area contributed by atoms with E-state index in [1.54, 1.807) is 12.4 Å². The first-order valence-corrected chi connectivity index (χ1v) is 6.58. The number of ether oxygens (including phenoxy) is 1. The third kappa shape index (κ3) is 2.48. The predicted molar refractivity (Wildman–Crippen MR) is 81.1 cm³/mol. The maximum absolute atomic E-state index is 11.9. The molecule has 0 aliphatic heterocycles. The van der Waals surface area contributed by atoms with Gasteiger partial charge in [0, 0.05) is 29.7 Å². The van der Waals surface area contributed by atoms with E-state index in [9.17, 15) is 4.79 Å². The Balaban J connectivity index is 2.21. The van der Waals surface area contributed by atoms with Gasteiger partial charge in [-0.25, -0.2) is 4.79 Å². The van der Waals surface area contributed by atoms with Crippen LogP contribution in [0.2, 0.25) is 0 Å². The number of aromatic nitrogens is 2. The lowest BCUT2D eigenvalue weighted by molar-refractivity contribution is 0.0601. The number of pyridine rings is 2. The van der Waals surface area contributed by atoms with E-state index in [0.717, 1.165) is 27.6 Å². The molecule has 104 valence electrons. The van der Waals surface area contributed by atoms with E-state index in [0.29, 0.717) is 5.56 Å². The molecular formula is C17H14N2O2. The number of esters is 1. The van der Waals surface area contributed by atoms with Gasteiger partial charge in [-0.05, 0) is 41.6 Å². The molecule has 0 spiro atoms. The molecule has 0 N–H and O–H groups in total. The molecule has 0 fully saturated rings. The highest BCUT2D eigenvalue weighted by molar-refractivity contribution is 5.98. The normalized spacial score (nSPS) is 10.6. The summed E-state index contributed by atoms with van der Waals surface area (Å²) in [6.45, 7) is 1.90. The fourth-order valence-corrected chi connectivity index (χ4v) is 2.32. The predicted octanol–water partition coefficient (Wildman–Crippen LogP) is 3.39. The number of hydrogen-bond donors (Lipinski definition) is 0. The van der Waals surface area contributed by atoms with Gasteiger partial charge >= 0.3 is 5.97 Å². The highest BCUT2D eigenvalue weighted by Gasteiger charge is 2.14. The lowest BCUT2D eigenvalue weighted by atomic mass is 9.98. The number of nitrogens with zero attached hydrogens (tertiary/aromatic N) is 2. The lowest BCUT2D eigenvalue weighted by Crippen LogP contribution is -2.05. The minimum absolute atomic E-state index is 0.382. The molecule has 0 bridgehead atoms. The van der Waals surface area contributed by atoms with Crippen molar-refractivity contribution < 1.29 is 9.53 Å². The van der Waals surface area contributed by atoms with Crippen LogP contribution in [0.5, 0.6) is 0 Å². The van der Waals surface area contributed by atoms with Crippen LogP contribution in [0, 0.1) is 6.92 Å². The van der Waals surface area contributed by atoms with Crippen LogP contribution >= 0.6 is 0 Å². The average Bonchev–Trinajstić information content (AvgIpc) is 2.53. The molecule has 0 unspecified atom stereocenters. The Labute approximate surface area is 122 Å². The molecule has 4 heteroatoms. The van der Waals surface area contributed by atoms with Gasteiger partial charge in [0.1, 0.15) is 0 Å². The van der Waals surface area contributed by atoms with E-state index < -0.39 is 0 Å². The van der Waals surface area contributed by atoms with Crippen LogP contribution in [0.1, 0.15) is 16.1 Å². The number of hydrogen-bond acceptors (Lipinski definition) is 4. The Morgan fingerprint density at radius 3 is 2.76 bits per heavy atom. The monoisotopic (exact) mass is 278 g/mol. The second kappa shape index (κ2) is 5.32. The third-order valence-electron chi connectivity index (χ3n) is 3.40. The van der Waals surface area contributed by atoms with Crippen LogP contribution in [-0.4, -0.2) is 23.0 Å². The molecule has 2 aromatic heterocycles. The summed E-state index contributed by atoms with van der Waals surface area (Å²) in [4.78, 5) is 20.2. The Hall–Kier alpha value is -2.75. The zero-order valence-corrected chi connectivity index (χ0v) is 11.8. The molecule has 0 saturated heterocycles. The quantitative estimate of drug-likeness (QED) is 0.674. The van der Waals surface area contributed by atoms with E-state index in [2.05, 4.69) is 9.97 Å². The summed E-state index contributed by atoms with van der Waals surface area (Å²) in [5.74, 6) is -0.382. The Morgan fingerprint density at radius 1 is 1.10 bits per heavy atom. The molecule has 21 heavy (non-hydrogen) atoms. The van der Waals surface area contributed by atoms with Crippen molar-refractivity contribution in [3.05, 3.63) is 60.2 Å². The minimum Gasteiger partial charge on any atom is -0.465 e. The van der Waals surface area contributed by atoms with Crippen molar-refractivity contribution in [3.8, 4) is 11.1 Å². The van der Waals surface area contributed by atoms with E-state index >= 15 is 0 Å². The molecule has 1 aromatic carbocycles. The number of benzene rings is 1. The molecule has 0 saturated carbocycles. The summed E-state index contributed by atoms with van der Waals surface area (Å²) in [7, 11) is 1.37. The van der Waals surface area contributed by atoms with E-state index in [-0.39, 0.29) is 5.97 Å². The maximum Gasteiger partial charge on any atom is 0.340 e. The summed E-state index contributed by atoms with van der Waals surface area (Å²) in [5.41, 5.74) is 3.11. The van der Waals surface area contributed by atoms with Crippen LogP contribution in [0.15, 0.2) is 48.9 Å². The first kappa shape index (κ1) is 13.2. The second-order valence-corrected chi connectivity index (χ2v) is 4.80. The number of fused-ring (bicyclic) bond motifs is 1. The summed E-state index contributed by atoms with van der Waals surface area (Å²) >= 11 is 0. The van der Waals surface area contributed by atoms with Crippen LogP contribution in [-0.2, 0) is 4.74 Å². The standard InChI is InChI=1S/C17H14N2O2/c1-11-7-15(16(10-19-11)17(20)21-2)13-3-4-14-9-18-6-5-12(14)8-13/h3-10H,1-2H3. The van der Waals surface area contributed by atoms with Crippen molar-refractivity contribution in [1.29, 1.82) is 0 Å². The van der Waals surface area contributed by atoms with E-state index in [4.69, 9.17) is 4.74 Å². The van der Waals surface area contributed by atoms with Gasteiger partial charge in [0.15, 0.2) is 0 Å². The fourth-order valence-electron chi connectivity index (χ4n) is 2.32. The van der Waals surface area contributed by atoms with Crippen LogP contribution in [0.25, 0.3) is 21.9 Å². The SMILES string of the molecule is COC(=O)c1cnc(C)cc1-c1ccc2cnccc2c1. The zero-order valence-electron chi connectivity index (χ0n) is 11.8. The number of carbonyl (C=O) groups is 1. The first-order valence-electron chi connectivity index (χ1n) is 6.58. The molecule has 4 nitrogen and oxygen atoms in total. The summed E-state index contributed by atoms with van der Waals surface area (Å²) in [6.07, 6.45) is 5.14. The minimum atomic E-state index is -0.382. The summed E-state index contributed by atoms with van der Waals surface area (Å²) in [6, 6.07) is 9.86. The Morgan fingerprint density at radius 2 is 1.95 bits per heavy atom. The van der Waals surface area contributed by atoms with Gasteiger partial charge in [0.25, 0.3) is 0 Å². The van der Waals surface area contributed by atoms with Gasteiger partial charge in [-0.1, -0.05) is 12.1 Å². The molecule has 0 radical (unpaired) electrons. The number of rotatable bonds is 2. The zero-order chi connectivity index (χ0) is 14.8. The van der Waals surface area contributed by atoms with Crippen molar-refractivity contribution in [2.75, 3.05) is 7.11 Å². The van der Waals surface area contributed by atoms with Crippen molar-refractivity contribution in [3.63, 3.8) is 0 Å². The molecular weight excluding hydrogens is 264 g/mol. The molecule has 0 atom stereocenters. The van der Waals surface area contributed by atoms with Gasteiger partial charge in [-0.15, -0.1) is 0 Å². The number of carbonyl (C=O) groups excluding carboxylic acids is 1. The average molecular weight is 278 g/mol. The molecule has 2 heterocycles. The summed E-state index contributed by atoms with van der Waals surface area (Å²) < 4.78 is 4.84. The van der Waals surface area contributed by atoms with Crippen LogP contribution < -0.4 is 0 Å². The first-order chi connectivity index (χ1) is 10.2. The van der Waals surface area contributed by atoms with Crippen molar-refractivity contribution in [1.82, 2.24) is 9.97 Å². The number of aryl methyl sites for hydroxylation is 1. The highest BCUT2D eigenvalue weighted by atomic mass is 16.5. The molecule has 0 amide bonds. The van der Waals surface area contributed by atoms with E-state index in [1.165, 1.54) is 7.11 Å². The fraction of sp³-hybridized carbons (Fsp3) is 0.118. The van der Waals surface area contributed by atoms with Gasteiger partial charge in [-0.3, -0.25) is 9.97 Å². The maximum atomic E-state index is 11.9. The van der Waals surface area contributed by atoms with Crippen LogP contribution in [0.4, 0.5) is 0 Å². The van der Waals surface area contributed by atoms with Crippen molar-refractivity contribution >= 4 is 16.7 Å². The third-order valence-corrected chi connectivity index (χ3v) is 3.40. The summed E-state index contributed by atoms with van der Waals surface area (Å²) in [5, 5.41) is 2.14. The smallest absolute Gasteiger partial charge is 0.340 e. The number of methoxy groups -OCH3 is 1. The van der Waals surface area contributed by atoms with Gasteiger partial charge in [-0.2, -0.15) is 0 Å².